The van der Waals surface area contributed by atoms with E-state index in [1.165, 1.54) is 4.90 Å². The maximum Gasteiger partial charge on any atom is 0.255 e. The van der Waals surface area contributed by atoms with Gasteiger partial charge in [0.2, 0.25) is 0 Å². The number of carbonyl (C=O) groups is 1. The van der Waals surface area contributed by atoms with Crippen LogP contribution in [0.25, 0.3) is 0 Å². The minimum absolute atomic E-state index is 0.123. The summed E-state index contributed by atoms with van der Waals surface area (Å²) >= 11 is 0. The van der Waals surface area contributed by atoms with Gasteiger partial charge in [0.1, 0.15) is 13.1 Å². The third-order valence-electron chi connectivity index (χ3n) is 2.57. The highest BCUT2D eigenvalue weighted by molar-refractivity contribution is 5.96. The Morgan fingerprint density at radius 1 is 1.26 bits per heavy atom. The summed E-state index contributed by atoms with van der Waals surface area (Å²) in [7, 11) is 3.70. The van der Waals surface area contributed by atoms with E-state index in [1.54, 1.807) is 18.2 Å². The molecule has 0 aromatic heterocycles. The van der Waals surface area contributed by atoms with Crippen molar-refractivity contribution in [1.82, 2.24) is 4.90 Å². The number of anilines is 2. The van der Waals surface area contributed by atoms with Crippen molar-refractivity contribution in [2.45, 2.75) is 0 Å². The molecule has 0 heterocycles. The van der Waals surface area contributed by atoms with E-state index in [0.29, 0.717) is 11.3 Å². The lowest BCUT2D eigenvalue weighted by Gasteiger charge is -2.18. The second-order valence-corrected chi connectivity index (χ2v) is 4.15. The largest absolute Gasteiger partial charge is 0.397 e. The van der Waals surface area contributed by atoms with Crippen molar-refractivity contribution in [2.24, 2.45) is 0 Å². The number of carbonyl (C=O) groups excluding carboxylic acids is 1. The first-order valence-electron chi connectivity index (χ1n) is 5.61. The molecule has 98 valence electrons. The zero-order chi connectivity index (χ0) is 14.4. The summed E-state index contributed by atoms with van der Waals surface area (Å²) in [6.07, 6.45) is 0. The SMILES string of the molecule is CN(C)c1ccc(C(=O)N(CC#N)CC#N)cc1N. The van der Waals surface area contributed by atoms with Crippen molar-refractivity contribution in [3.05, 3.63) is 23.8 Å². The first kappa shape index (κ1) is 14.3. The highest BCUT2D eigenvalue weighted by Crippen LogP contribution is 2.22. The van der Waals surface area contributed by atoms with Gasteiger partial charge in [-0.2, -0.15) is 10.5 Å². The molecule has 6 nitrogen and oxygen atoms in total. The predicted octanol–water partition coefficient (Wildman–Crippen LogP) is 0.824. The van der Waals surface area contributed by atoms with Crippen molar-refractivity contribution in [2.75, 3.05) is 37.8 Å². The summed E-state index contributed by atoms with van der Waals surface area (Å²) in [4.78, 5) is 15.1. The van der Waals surface area contributed by atoms with E-state index in [4.69, 9.17) is 16.3 Å². The van der Waals surface area contributed by atoms with E-state index in [0.717, 1.165) is 5.69 Å². The van der Waals surface area contributed by atoms with Crippen LogP contribution in [-0.2, 0) is 0 Å². The van der Waals surface area contributed by atoms with Crippen LogP contribution >= 0.6 is 0 Å². The fourth-order valence-corrected chi connectivity index (χ4v) is 1.65. The van der Waals surface area contributed by atoms with Gasteiger partial charge in [-0.15, -0.1) is 0 Å². The van der Waals surface area contributed by atoms with Gasteiger partial charge in [-0.3, -0.25) is 4.79 Å². The molecule has 0 radical (unpaired) electrons. The molecule has 0 saturated carbocycles. The Bertz CT molecular complexity index is 537. The zero-order valence-electron chi connectivity index (χ0n) is 10.9. The van der Waals surface area contributed by atoms with E-state index in [9.17, 15) is 4.79 Å². The molecule has 0 aliphatic carbocycles. The van der Waals surface area contributed by atoms with Gasteiger partial charge < -0.3 is 15.5 Å². The van der Waals surface area contributed by atoms with Crippen molar-refractivity contribution < 1.29 is 4.79 Å². The van der Waals surface area contributed by atoms with Crippen molar-refractivity contribution in [3.63, 3.8) is 0 Å². The Morgan fingerprint density at radius 3 is 2.26 bits per heavy atom. The van der Waals surface area contributed by atoms with Crippen LogP contribution in [0.2, 0.25) is 0 Å². The molecule has 1 rings (SSSR count). The molecule has 19 heavy (non-hydrogen) atoms. The first-order chi connectivity index (χ1) is 9.01. The predicted molar refractivity (Wildman–Crippen MR) is 72.3 cm³/mol. The van der Waals surface area contributed by atoms with Crippen LogP contribution in [0.5, 0.6) is 0 Å². The quantitative estimate of drug-likeness (QED) is 0.636. The van der Waals surface area contributed by atoms with E-state index >= 15 is 0 Å². The number of amides is 1. The van der Waals surface area contributed by atoms with Gasteiger partial charge in [-0.25, -0.2) is 0 Å². The Hall–Kier alpha value is -2.73. The normalized spacial score (nSPS) is 9.26. The number of nitrogens with zero attached hydrogens (tertiary/aromatic N) is 4. The molecular formula is C13H15N5O. The second-order valence-electron chi connectivity index (χ2n) is 4.15. The molecule has 0 saturated heterocycles. The maximum atomic E-state index is 12.1. The fourth-order valence-electron chi connectivity index (χ4n) is 1.65. The van der Waals surface area contributed by atoms with E-state index < -0.39 is 0 Å². The molecule has 1 amide bonds. The average Bonchev–Trinajstić information content (AvgIpc) is 2.37. The highest BCUT2D eigenvalue weighted by atomic mass is 16.2. The van der Waals surface area contributed by atoms with E-state index in [2.05, 4.69) is 0 Å². The topological polar surface area (TPSA) is 97.1 Å². The van der Waals surface area contributed by atoms with Gasteiger partial charge in [-0.05, 0) is 18.2 Å². The Morgan fingerprint density at radius 2 is 1.84 bits per heavy atom. The van der Waals surface area contributed by atoms with Gasteiger partial charge in [-0.1, -0.05) is 0 Å². The lowest BCUT2D eigenvalue weighted by molar-refractivity contribution is 0.0795. The number of benzene rings is 1. The molecule has 1 aromatic carbocycles. The highest BCUT2D eigenvalue weighted by Gasteiger charge is 2.16. The average molecular weight is 257 g/mol. The number of nitrogens with two attached hydrogens (primary N) is 1. The number of hydrogen-bond donors (Lipinski definition) is 1. The fraction of sp³-hybridized carbons (Fsp3) is 0.308. The number of hydrogen-bond acceptors (Lipinski definition) is 5. The second kappa shape index (κ2) is 6.27. The molecule has 0 aliphatic heterocycles. The lowest BCUT2D eigenvalue weighted by Crippen LogP contribution is -2.31. The molecule has 2 N–H and O–H groups in total. The third-order valence-corrected chi connectivity index (χ3v) is 2.57. The van der Waals surface area contributed by atoms with Crippen LogP contribution in [0.1, 0.15) is 10.4 Å². The minimum atomic E-state index is -0.375. The number of nitrogen functional groups attached to an aromatic ring is 1. The lowest BCUT2D eigenvalue weighted by atomic mass is 10.1. The van der Waals surface area contributed by atoms with Crippen LogP contribution in [0.4, 0.5) is 11.4 Å². The van der Waals surface area contributed by atoms with Gasteiger partial charge in [0.25, 0.3) is 5.91 Å². The van der Waals surface area contributed by atoms with Crippen molar-refractivity contribution >= 4 is 17.3 Å². The first-order valence-corrected chi connectivity index (χ1v) is 5.61. The molecular weight excluding hydrogens is 242 g/mol. The van der Waals surface area contributed by atoms with Crippen LogP contribution in [0, 0.1) is 22.7 Å². The molecule has 0 unspecified atom stereocenters. The maximum absolute atomic E-state index is 12.1. The summed E-state index contributed by atoms with van der Waals surface area (Å²) in [5.74, 6) is -0.375. The summed E-state index contributed by atoms with van der Waals surface area (Å²) in [5.41, 5.74) is 7.52. The Kier molecular flexibility index (Phi) is 4.73. The Balaban J connectivity index is 3.03. The van der Waals surface area contributed by atoms with Crippen LogP contribution in [0.3, 0.4) is 0 Å². The van der Waals surface area contributed by atoms with Crippen LogP contribution in [-0.4, -0.2) is 38.0 Å². The summed E-state index contributed by atoms with van der Waals surface area (Å²) in [6, 6.07) is 8.65. The molecule has 0 spiro atoms. The monoisotopic (exact) mass is 257 g/mol. The van der Waals surface area contributed by atoms with E-state index in [1.807, 2.05) is 31.1 Å². The minimum Gasteiger partial charge on any atom is -0.397 e. The third kappa shape index (κ3) is 3.36. The zero-order valence-corrected chi connectivity index (χ0v) is 10.9. The molecule has 0 fully saturated rings. The van der Waals surface area contributed by atoms with Crippen LogP contribution in [0.15, 0.2) is 18.2 Å². The summed E-state index contributed by atoms with van der Waals surface area (Å²) < 4.78 is 0. The number of rotatable bonds is 4. The van der Waals surface area contributed by atoms with Crippen molar-refractivity contribution in [1.29, 1.82) is 10.5 Å². The number of nitriles is 2. The van der Waals surface area contributed by atoms with Gasteiger partial charge in [0.05, 0.1) is 23.5 Å². The van der Waals surface area contributed by atoms with Gasteiger partial charge >= 0.3 is 0 Å². The van der Waals surface area contributed by atoms with Crippen molar-refractivity contribution in [3.8, 4) is 12.1 Å². The molecule has 6 heteroatoms. The van der Waals surface area contributed by atoms with Crippen LogP contribution < -0.4 is 10.6 Å². The van der Waals surface area contributed by atoms with E-state index in [-0.39, 0.29) is 19.0 Å². The Labute approximate surface area is 112 Å². The standard InChI is InChI=1S/C13H15N5O/c1-17(2)12-4-3-10(9-11(12)16)13(19)18(7-5-14)8-6-15/h3-4,9H,7-8,16H2,1-2H3. The molecule has 0 aliphatic rings. The molecule has 1 aromatic rings. The molecule has 0 atom stereocenters. The molecule has 0 bridgehead atoms. The smallest absolute Gasteiger partial charge is 0.255 e. The van der Waals surface area contributed by atoms with Gasteiger partial charge in [0, 0.05) is 19.7 Å². The summed E-state index contributed by atoms with van der Waals surface area (Å²) in [6.45, 7) is -0.247. The summed E-state index contributed by atoms with van der Waals surface area (Å²) in [5, 5.41) is 17.3. The van der Waals surface area contributed by atoms with Gasteiger partial charge in [0.15, 0.2) is 0 Å².